The molecule has 1 aliphatic carbocycles. The number of carbonyl (C=O) groups excluding carboxylic acids is 1. The van der Waals surface area contributed by atoms with Crippen molar-refractivity contribution in [2.75, 3.05) is 18.9 Å². The highest BCUT2D eigenvalue weighted by Crippen LogP contribution is 2.26. The molecule has 126 valence electrons. The highest BCUT2D eigenvalue weighted by atomic mass is 16.1. The van der Waals surface area contributed by atoms with Crippen LogP contribution in [-0.2, 0) is 0 Å². The van der Waals surface area contributed by atoms with Gasteiger partial charge in [0.1, 0.15) is 0 Å². The largest absolute Gasteiger partial charge is 0.355 e. The van der Waals surface area contributed by atoms with Crippen LogP contribution in [0.4, 0.5) is 11.4 Å². The smallest absolute Gasteiger partial charge is 0.253 e. The summed E-state index contributed by atoms with van der Waals surface area (Å²) >= 11 is 0. The van der Waals surface area contributed by atoms with E-state index < -0.39 is 0 Å². The molecule has 4 heteroatoms. The molecule has 4 nitrogen and oxygen atoms in total. The Morgan fingerprint density at radius 1 is 1.12 bits per heavy atom. The maximum Gasteiger partial charge on any atom is 0.253 e. The molecule has 0 aliphatic heterocycles. The van der Waals surface area contributed by atoms with Crippen LogP contribution < -0.4 is 10.6 Å². The molecule has 2 aromatic rings. The summed E-state index contributed by atoms with van der Waals surface area (Å²) in [6.07, 6.45) is 2.55. The predicted molar refractivity (Wildman–Crippen MR) is 98.7 cm³/mol. The van der Waals surface area contributed by atoms with Crippen molar-refractivity contribution in [2.45, 2.75) is 31.8 Å². The second-order valence-corrected chi connectivity index (χ2v) is 6.49. The maximum atomic E-state index is 12.6. The number of nitrogens with one attached hydrogen (secondary N) is 2. The molecule has 1 aliphatic rings. The number of hydrogen-bond acceptors (Lipinski definition) is 3. The lowest BCUT2D eigenvalue weighted by Gasteiger charge is -2.24. The summed E-state index contributed by atoms with van der Waals surface area (Å²) in [7, 11) is 2.14. The van der Waals surface area contributed by atoms with Crippen molar-refractivity contribution in [3.8, 4) is 0 Å². The third-order valence-corrected chi connectivity index (χ3v) is 4.60. The molecule has 2 N–H and O–H groups in total. The van der Waals surface area contributed by atoms with E-state index in [-0.39, 0.29) is 5.91 Å². The molecule has 3 rings (SSSR count). The summed E-state index contributed by atoms with van der Waals surface area (Å²) in [4.78, 5) is 15.0. The number of anilines is 2. The third-order valence-electron chi connectivity index (χ3n) is 4.60. The van der Waals surface area contributed by atoms with Gasteiger partial charge in [0.05, 0.1) is 11.3 Å². The first kappa shape index (κ1) is 16.5. The summed E-state index contributed by atoms with van der Waals surface area (Å²) in [5, 5.41) is 6.39. The van der Waals surface area contributed by atoms with Crippen molar-refractivity contribution in [1.29, 1.82) is 0 Å². The minimum absolute atomic E-state index is 0.0370. The van der Waals surface area contributed by atoms with Gasteiger partial charge in [0.15, 0.2) is 0 Å². The molecule has 1 fully saturated rings. The molecular formula is C20H25N3O. The Morgan fingerprint density at radius 3 is 2.50 bits per heavy atom. The van der Waals surface area contributed by atoms with E-state index in [1.165, 1.54) is 12.8 Å². The summed E-state index contributed by atoms with van der Waals surface area (Å²) in [5.74, 6) is -0.0370. The zero-order valence-corrected chi connectivity index (χ0v) is 14.3. The zero-order valence-electron chi connectivity index (χ0n) is 14.3. The first-order valence-corrected chi connectivity index (χ1v) is 8.56. The number of nitrogens with zero attached hydrogens (tertiary/aromatic N) is 1. The Morgan fingerprint density at radius 2 is 1.79 bits per heavy atom. The highest BCUT2D eigenvalue weighted by molar-refractivity contribution is 6.00. The van der Waals surface area contributed by atoms with Gasteiger partial charge in [-0.25, -0.2) is 0 Å². The maximum absolute atomic E-state index is 12.6. The average molecular weight is 323 g/mol. The number of amides is 1. The van der Waals surface area contributed by atoms with E-state index in [0.29, 0.717) is 24.2 Å². The first-order valence-electron chi connectivity index (χ1n) is 8.56. The van der Waals surface area contributed by atoms with Crippen LogP contribution in [0.5, 0.6) is 0 Å². The normalized spacial score (nSPS) is 15.1. The molecular weight excluding hydrogens is 298 g/mol. The van der Waals surface area contributed by atoms with Crippen LogP contribution >= 0.6 is 0 Å². The molecule has 0 heterocycles. The van der Waals surface area contributed by atoms with Crippen molar-refractivity contribution >= 4 is 17.3 Å². The third kappa shape index (κ3) is 4.15. The van der Waals surface area contributed by atoms with Crippen LogP contribution in [0.3, 0.4) is 0 Å². The Kier molecular flexibility index (Phi) is 5.16. The zero-order chi connectivity index (χ0) is 16.9. The Bertz CT molecular complexity index is 682. The average Bonchev–Trinajstić information content (AvgIpc) is 3.45. The van der Waals surface area contributed by atoms with E-state index in [4.69, 9.17) is 0 Å². The number of para-hydroxylation sites is 2. The Hall–Kier alpha value is -2.33. The topological polar surface area (TPSA) is 44.4 Å². The van der Waals surface area contributed by atoms with Gasteiger partial charge in [0.2, 0.25) is 0 Å². The predicted octanol–water partition coefficient (Wildman–Crippen LogP) is 3.64. The molecule has 0 saturated heterocycles. The molecule has 0 bridgehead atoms. The number of hydrogen-bond donors (Lipinski definition) is 2. The summed E-state index contributed by atoms with van der Waals surface area (Å²) < 4.78 is 0. The molecule has 0 aromatic heterocycles. The second-order valence-electron chi connectivity index (χ2n) is 6.49. The van der Waals surface area contributed by atoms with Crippen LogP contribution in [0.2, 0.25) is 0 Å². The standard InChI is InChI=1S/C20H25N3O/c1-15(23(2)17-12-13-17)14-21-20(24)18-10-6-7-11-19(18)22-16-8-4-3-5-9-16/h3-11,15,17,22H,12-14H2,1-2H3,(H,21,24). The fourth-order valence-electron chi connectivity index (χ4n) is 2.79. The molecule has 24 heavy (non-hydrogen) atoms. The monoisotopic (exact) mass is 323 g/mol. The van der Waals surface area contributed by atoms with Crippen molar-refractivity contribution in [2.24, 2.45) is 0 Å². The summed E-state index contributed by atoms with van der Waals surface area (Å²) in [6, 6.07) is 18.6. The Balaban J connectivity index is 1.64. The van der Waals surface area contributed by atoms with Gasteiger partial charge in [-0.2, -0.15) is 0 Å². The lowest BCUT2D eigenvalue weighted by atomic mass is 10.1. The first-order chi connectivity index (χ1) is 11.6. The van der Waals surface area contributed by atoms with Crippen LogP contribution in [0.25, 0.3) is 0 Å². The minimum atomic E-state index is -0.0370. The number of benzene rings is 2. The van der Waals surface area contributed by atoms with E-state index in [1.54, 1.807) is 0 Å². The molecule has 0 spiro atoms. The molecule has 2 aromatic carbocycles. The van der Waals surface area contributed by atoms with Crippen LogP contribution in [0, 0.1) is 0 Å². The lowest BCUT2D eigenvalue weighted by Crippen LogP contribution is -2.41. The quantitative estimate of drug-likeness (QED) is 0.817. The SMILES string of the molecule is CC(CNC(=O)c1ccccc1Nc1ccccc1)N(C)C1CC1. The van der Waals surface area contributed by atoms with Gasteiger partial charge >= 0.3 is 0 Å². The number of carbonyl (C=O) groups is 1. The van der Waals surface area contributed by atoms with Crippen molar-refractivity contribution in [3.63, 3.8) is 0 Å². The van der Waals surface area contributed by atoms with Crippen molar-refractivity contribution in [3.05, 3.63) is 60.2 Å². The molecule has 1 unspecified atom stereocenters. The van der Waals surface area contributed by atoms with Gasteiger partial charge in [-0.1, -0.05) is 30.3 Å². The summed E-state index contributed by atoms with van der Waals surface area (Å²) in [5.41, 5.74) is 2.46. The minimum Gasteiger partial charge on any atom is -0.355 e. The van der Waals surface area contributed by atoms with E-state index in [0.717, 1.165) is 11.4 Å². The van der Waals surface area contributed by atoms with Gasteiger partial charge in [0.25, 0.3) is 5.91 Å². The Labute approximate surface area is 143 Å². The van der Waals surface area contributed by atoms with Gasteiger partial charge in [-0.05, 0) is 51.1 Å². The molecule has 1 atom stereocenters. The number of likely N-dealkylation sites (N-methyl/N-ethyl adjacent to an activating group) is 1. The van der Waals surface area contributed by atoms with E-state index in [1.807, 2.05) is 54.6 Å². The van der Waals surface area contributed by atoms with Crippen molar-refractivity contribution in [1.82, 2.24) is 10.2 Å². The second kappa shape index (κ2) is 7.49. The lowest BCUT2D eigenvalue weighted by molar-refractivity contribution is 0.0940. The molecule has 0 radical (unpaired) electrons. The van der Waals surface area contributed by atoms with E-state index >= 15 is 0 Å². The fourth-order valence-corrected chi connectivity index (χ4v) is 2.79. The van der Waals surface area contributed by atoms with Gasteiger partial charge in [-0.3, -0.25) is 9.69 Å². The summed E-state index contributed by atoms with van der Waals surface area (Å²) in [6.45, 7) is 2.82. The van der Waals surface area contributed by atoms with Crippen molar-refractivity contribution < 1.29 is 4.79 Å². The fraction of sp³-hybridized carbons (Fsp3) is 0.350. The molecule has 1 saturated carbocycles. The van der Waals surface area contributed by atoms with Gasteiger partial charge in [-0.15, -0.1) is 0 Å². The number of rotatable bonds is 7. The van der Waals surface area contributed by atoms with E-state index in [2.05, 4.69) is 29.5 Å². The highest BCUT2D eigenvalue weighted by Gasteiger charge is 2.29. The van der Waals surface area contributed by atoms with E-state index in [9.17, 15) is 4.79 Å². The van der Waals surface area contributed by atoms with Gasteiger partial charge in [0, 0.05) is 24.3 Å². The van der Waals surface area contributed by atoms with Crippen LogP contribution in [-0.4, -0.2) is 36.5 Å². The van der Waals surface area contributed by atoms with Crippen LogP contribution in [0.1, 0.15) is 30.1 Å². The van der Waals surface area contributed by atoms with Crippen LogP contribution in [0.15, 0.2) is 54.6 Å². The molecule has 1 amide bonds. The van der Waals surface area contributed by atoms with Gasteiger partial charge < -0.3 is 10.6 Å².